The Bertz CT molecular complexity index is 576. The Morgan fingerprint density at radius 2 is 2.27 bits per heavy atom. The molecule has 1 atom stereocenters. The second-order valence-electron chi connectivity index (χ2n) is 5.28. The van der Waals surface area contributed by atoms with Gasteiger partial charge in [-0.25, -0.2) is 4.79 Å². The van der Waals surface area contributed by atoms with Crippen LogP contribution in [0.4, 0.5) is 0 Å². The zero-order valence-corrected chi connectivity index (χ0v) is 12.7. The first kappa shape index (κ1) is 16.1. The Morgan fingerprint density at radius 3 is 2.95 bits per heavy atom. The zero-order chi connectivity index (χ0) is 15.8. The van der Waals surface area contributed by atoms with Crippen LogP contribution < -0.4 is 0 Å². The molecule has 0 spiro atoms. The minimum absolute atomic E-state index is 0.342. The van der Waals surface area contributed by atoms with Crippen molar-refractivity contribution in [2.24, 2.45) is 5.11 Å². The molecule has 0 radical (unpaired) electrons. The first-order valence-corrected chi connectivity index (χ1v) is 7.33. The van der Waals surface area contributed by atoms with Crippen LogP contribution in [0.15, 0.2) is 35.5 Å². The van der Waals surface area contributed by atoms with Crippen LogP contribution >= 0.6 is 0 Å². The van der Waals surface area contributed by atoms with Crippen molar-refractivity contribution in [2.75, 3.05) is 20.2 Å². The Morgan fingerprint density at radius 1 is 1.50 bits per heavy atom. The maximum Gasteiger partial charge on any atom is 0.330 e. The SMILES string of the molecule is COC(=O)C=Cc1ccc(CN2CCC[C@@H]2CN=[N+]=[N-])cc1. The number of benzene rings is 1. The van der Waals surface area contributed by atoms with Gasteiger partial charge in [0.2, 0.25) is 0 Å². The minimum Gasteiger partial charge on any atom is -0.466 e. The number of rotatable bonds is 6. The van der Waals surface area contributed by atoms with Crippen LogP contribution in [0.1, 0.15) is 24.0 Å². The van der Waals surface area contributed by atoms with E-state index in [4.69, 9.17) is 5.53 Å². The molecule has 1 saturated heterocycles. The molecule has 1 aromatic carbocycles. The first-order chi connectivity index (χ1) is 10.7. The summed E-state index contributed by atoms with van der Waals surface area (Å²) in [6.45, 7) is 2.43. The molecule has 2 rings (SSSR count). The summed E-state index contributed by atoms with van der Waals surface area (Å²) < 4.78 is 4.56. The van der Waals surface area contributed by atoms with Gasteiger partial charge in [0.05, 0.1) is 7.11 Å². The lowest BCUT2D eigenvalue weighted by Gasteiger charge is -2.23. The van der Waals surface area contributed by atoms with E-state index in [2.05, 4.69) is 31.8 Å². The number of azide groups is 1. The normalized spacial score (nSPS) is 18.3. The van der Waals surface area contributed by atoms with Gasteiger partial charge in [-0.15, -0.1) is 0 Å². The monoisotopic (exact) mass is 300 g/mol. The van der Waals surface area contributed by atoms with Crippen LogP contribution in [-0.4, -0.2) is 37.1 Å². The van der Waals surface area contributed by atoms with Gasteiger partial charge in [-0.2, -0.15) is 0 Å². The standard InChI is InChI=1S/C16H20N4O2/c1-22-16(21)9-8-13-4-6-14(7-5-13)12-20-10-2-3-15(20)11-18-19-17/h4-9,15H,2-3,10-12H2,1H3/t15-/m1/s1. The van der Waals surface area contributed by atoms with Crippen LogP contribution in [0.2, 0.25) is 0 Å². The summed E-state index contributed by atoms with van der Waals surface area (Å²) in [5.41, 5.74) is 10.6. The zero-order valence-electron chi connectivity index (χ0n) is 12.7. The van der Waals surface area contributed by atoms with Gasteiger partial charge in [0.15, 0.2) is 0 Å². The van der Waals surface area contributed by atoms with E-state index in [1.165, 1.54) is 18.7 Å². The fourth-order valence-corrected chi connectivity index (χ4v) is 2.64. The molecule has 1 heterocycles. The van der Waals surface area contributed by atoms with E-state index in [0.717, 1.165) is 31.5 Å². The molecule has 22 heavy (non-hydrogen) atoms. The maximum absolute atomic E-state index is 11.1. The van der Waals surface area contributed by atoms with Gasteiger partial charge in [-0.3, -0.25) is 4.90 Å². The highest BCUT2D eigenvalue weighted by Gasteiger charge is 2.23. The molecule has 0 amide bonds. The van der Waals surface area contributed by atoms with Crippen molar-refractivity contribution in [3.05, 3.63) is 51.9 Å². The number of ether oxygens (including phenoxy) is 1. The number of esters is 1. The van der Waals surface area contributed by atoms with Crippen LogP contribution in [0.5, 0.6) is 0 Å². The fraction of sp³-hybridized carbons (Fsp3) is 0.438. The number of nitrogens with zero attached hydrogens (tertiary/aromatic N) is 4. The lowest BCUT2D eigenvalue weighted by atomic mass is 10.1. The molecule has 1 aliphatic rings. The average molecular weight is 300 g/mol. The largest absolute Gasteiger partial charge is 0.466 e. The summed E-state index contributed by atoms with van der Waals surface area (Å²) >= 11 is 0. The molecule has 0 saturated carbocycles. The van der Waals surface area contributed by atoms with E-state index in [-0.39, 0.29) is 5.97 Å². The molecule has 6 heteroatoms. The van der Waals surface area contributed by atoms with Crippen molar-refractivity contribution < 1.29 is 9.53 Å². The number of likely N-dealkylation sites (tertiary alicyclic amines) is 1. The van der Waals surface area contributed by atoms with Crippen molar-refractivity contribution >= 4 is 12.0 Å². The number of hydrogen-bond donors (Lipinski definition) is 0. The van der Waals surface area contributed by atoms with Crippen molar-refractivity contribution in [1.29, 1.82) is 0 Å². The number of carbonyl (C=O) groups is 1. The van der Waals surface area contributed by atoms with E-state index < -0.39 is 0 Å². The van der Waals surface area contributed by atoms with Gasteiger partial charge in [0.25, 0.3) is 0 Å². The highest BCUT2D eigenvalue weighted by Crippen LogP contribution is 2.20. The van der Waals surface area contributed by atoms with Crippen molar-refractivity contribution in [3.63, 3.8) is 0 Å². The van der Waals surface area contributed by atoms with Crippen molar-refractivity contribution in [2.45, 2.75) is 25.4 Å². The molecule has 6 nitrogen and oxygen atoms in total. The maximum atomic E-state index is 11.1. The predicted octanol–water partition coefficient (Wildman–Crippen LogP) is 3.15. The molecule has 0 N–H and O–H groups in total. The molecular weight excluding hydrogens is 280 g/mol. The summed E-state index contributed by atoms with van der Waals surface area (Å²) in [4.78, 5) is 16.3. The molecule has 1 fully saturated rings. The highest BCUT2D eigenvalue weighted by molar-refractivity contribution is 5.86. The molecule has 1 aliphatic heterocycles. The molecule has 0 aromatic heterocycles. The molecule has 0 aliphatic carbocycles. The second-order valence-corrected chi connectivity index (χ2v) is 5.28. The van der Waals surface area contributed by atoms with Crippen LogP contribution in [0.3, 0.4) is 0 Å². The second kappa shape index (κ2) is 8.22. The lowest BCUT2D eigenvalue weighted by Crippen LogP contribution is -2.30. The topological polar surface area (TPSA) is 78.3 Å². The van der Waals surface area contributed by atoms with Gasteiger partial charge in [-0.1, -0.05) is 29.4 Å². The fourth-order valence-electron chi connectivity index (χ4n) is 2.64. The molecule has 0 unspecified atom stereocenters. The lowest BCUT2D eigenvalue weighted by molar-refractivity contribution is -0.134. The van der Waals surface area contributed by atoms with Gasteiger partial charge < -0.3 is 4.74 Å². The van der Waals surface area contributed by atoms with Crippen molar-refractivity contribution in [1.82, 2.24) is 4.90 Å². The van der Waals surface area contributed by atoms with Crippen LogP contribution in [-0.2, 0) is 16.1 Å². The third kappa shape index (κ3) is 4.62. The van der Waals surface area contributed by atoms with E-state index in [0.29, 0.717) is 12.6 Å². The van der Waals surface area contributed by atoms with Crippen LogP contribution in [0.25, 0.3) is 16.5 Å². The molecular formula is C16H20N4O2. The Hall–Kier alpha value is -2.30. The Balaban J connectivity index is 1.94. The van der Waals surface area contributed by atoms with Gasteiger partial charge >= 0.3 is 5.97 Å². The van der Waals surface area contributed by atoms with E-state index >= 15 is 0 Å². The Labute approximate surface area is 130 Å². The predicted molar refractivity (Wildman–Crippen MR) is 84.9 cm³/mol. The molecule has 0 bridgehead atoms. The average Bonchev–Trinajstić information content (AvgIpc) is 2.99. The van der Waals surface area contributed by atoms with Gasteiger partial charge in [0.1, 0.15) is 0 Å². The Kier molecular flexibility index (Phi) is 6.01. The summed E-state index contributed by atoms with van der Waals surface area (Å²) in [6.07, 6.45) is 5.37. The third-order valence-corrected chi connectivity index (χ3v) is 3.83. The van der Waals surface area contributed by atoms with Crippen LogP contribution in [0, 0.1) is 0 Å². The van der Waals surface area contributed by atoms with E-state index in [1.54, 1.807) is 6.08 Å². The van der Waals surface area contributed by atoms with Gasteiger partial charge in [-0.05, 0) is 42.1 Å². The minimum atomic E-state index is -0.359. The summed E-state index contributed by atoms with van der Waals surface area (Å²) in [7, 11) is 1.36. The first-order valence-electron chi connectivity index (χ1n) is 7.33. The van der Waals surface area contributed by atoms with E-state index in [1.807, 2.05) is 12.1 Å². The molecule has 116 valence electrons. The smallest absolute Gasteiger partial charge is 0.330 e. The summed E-state index contributed by atoms with van der Waals surface area (Å²) in [5.74, 6) is -0.359. The van der Waals surface area contributed by atoms with E-state index in [9.17, 15) is 4.79 Å². The molecule has 1 aromatic rings. The number of carbonyl (C=O) groups excluding carboxylic acids is 1. The number of methoxy groups -OCH3 is 1. The van der Waals surface area contributed by atoms with Gasteiger partial charge in [0, 0.05) is 30.1 Å². The highest BCUT2D eigenvalue weighted by atomic mass is 16.5. The summed E-state index contributed by atoms with van der Waals surface area (Å²) in [6, 6.07) is 8.41. The quantitative estimate of drug-likeness (QED) is 0.266. The summed E-state index contributed by atoms with van der Waals surface area (Å²) in [5, 5.41) is 3.69. The number of hydrogen-bond acceptors (Lipinski definition) is 4. The third-order valence-electron chi connectivity index (χ3n) is 3.83. The van der Waals surface area contributed by atoms with Crippen molar-refractivity contribution in [3.8, 4) is 0 Å².